The fourth-order valence-electron chi connectivity index (χ4n) is 2.25. The van der Waals surface area contributed by atoms with Gasteiger partial charge in [-0.2, -0.15) is 0 Å². The van der Waals surface area contributed by atoms with Crippen molar-refractivity contribution in [2.75, 3.05) is 13.2 Å². The van der Waals surface area contributed by atoms with Crippen LogP contribution in [0.5, 0.6) is 0 Å². The molecule has 0 aromatic heterocycles. The first kappa shape index (κ1) is 9.15. The van der Waals surface area contributed by atoms with E-state index < -0.39 is 12.2 Å². The van der Waals surface area contributed by atoms with Gasteiger partial charge in [-0.25, -0.2) is 0 Å². The van der Waals surface area contributed by atoms with Crippen LogP contribution in [0.4, 0.5) is 0 Å². The van der Waals surface area contributed by atoms with Crippen molar-refractivity contribution in [3.8, 4) is 0 Å². The summed E-state index contributed by atoms with van der Waals surface area (Å²) in [6.07, 6.45) is 3.27. The summed E-state index contributed by atoms with van der Waals surface area (Å²) in [7, 11) is 0. The second kappa shape index (κ2) is 3.38. The second-order valence-electron chi connectivity index (χ2n) is 3.68. The van der Waals surface area contributed by atoms with E-state index in [0.29, 0.717) is 0 Å². The van der Waals surface area contributed by atoms with Gasteiger partial charge >= 0.3 is 0 Å². The van der Waals surface area contributed by atoms with Gasteiger partial charge in [-0.05, 0) is 6.42 Å². The number of aliphatic hydroxyl groups is 3. The Morgan fingerprint density at radius 1 is 1.31 bits per heavy atom. The molecule has 0 aromatic rings. The minimum Gasteiger partial charge on any atom is -0.395 e. The van der Waals surface area contributed by atoms with Crippen molar-refractivity contribution >= 4 is 0 Å². The molecule has 0 saturated carbocycles. The maximum absolute atomic E-state index is 9.64. The zero-order valence-electron chi connectivity index (χ0n) is 7.37. The van der Waals surface area contributed by atoms with Crippen LogP contribution >= 0.6 is 0 Å². The van der Waals surface area contributed by atoms with Crippen LogP contribution in [0.15, 0.2) is 12.2 Å². The van der Waals surface area contributed by atoms with Crippen LogP contribution in [-0.4, -0.2) is 57.7 Å². The molecule has 0 bridgehead atoms. The summed E-state index contributed by atoms with van der Waals surface area (Å²) in [5, 5.41) is 28.3. The van der Waals surface area contributed by atoms with E-state index in [4.69, 9.17) is 5.11 Å². The molecule has 0 spiro atoms. The van der Waals surface area contributed by atoms with Crippen LogP contribution in [0, 0.1) is 0 Å². The van der Waals surface area contributed by atoms with Gasteiger partial charge in [-0.3, -0.25) is 4.90 Å². The molecule has 0 radical (unpaired) electrons. The van der Waals surface area contributed by atoms with Crippen molar-refractivity contribution in [3.63, 3.8) is 0 Å². The van der Waals surface area contributed by atoms with Crippen molar-refractivity contribution in [2.45, 2.75) is 30.7 Å². The standard InChI is InChI=1S/C9H15NO3/c11-5-7-9(13)8(12)6-3-1-2-4-10(6)7/h1,3,6-9,11-13H,2,4-5H2/t6-,7+,8-,9+/m0/s1. The molecule has 1 saturated heterocycles. The minimum absolute atomic E-state index is 0.0947. The van der Waals surface area contributed by atoms with Crippen LogP contribution in [0.1, 0.15) is 6.42 Å². The largest absolute Gasteiger partial charge is 0.395 e. The molecule has 2 aliphatic heterocycles. The van der Waals surface area contributed by atoms with E-state index in [1.165, 1.54) is 0 Å². The van der Waals surface area contributed by atoms with Gasteiger partial charge in [-0.1, -0.05) is 12.2 Å². The van der Waals surface area contributed by atoms with Crippen LogP contribution in [0.3, 0.4) is 0 Å². The van der Waals surface area contributed by atoms with E-state index in [0.717, 1.165) is 13.0 Å². The quantitative estimate of drug-likeness (QED) is 0.445. The molecule has 74 valence electrons. The number of hydrogen-bond acceptors (Lipinski definition) is 4. The molecule has 4 atom stereocenters. The summed E-state index contributed by atoms with van der Waals surface area (Å²) in [4.78, 5) is 1.97. The van der Waals surface area contributed by atoms with E-state index in [9.17, 15) is 10.2 Å². The van der Waals surface area contributed by atoms with E-state index in [2.05, 4.69) is 0 Å². The molecule has 3 N–H and O–H groups in total. The molecule has 0 unspecified atom stereocenters. The van der Waals surface area contributed by atoms with Crippen molar-refractivity contribution in [3.05, 3.63) is 12.2 Å². The van der Waals surface area contributed by atoms with Crippen LogP contribution < -0.4 is 0 Å². The minimum atomic E-state index is -0.822. The van der Waals surface area contributed by atoms with Crippen LogP contribution in [-0.2, 0) is 0 Å². The normalized spacial score (nSPS) is 45.2. The predicted molar refractivity (Wildman–Crippen MR) is 47.1 cm³/mol. The number of hydrogen-bond donors (Lipinski definition) is 3. The summed E-state index contributed by atoms with van der Waals surface area (Å²) in [5.74, 6) is 0. The fourth-order valence-corrected chi connectivity index (χ4v) is 2.25. The lowest BCUT2D eigenvalue weighted by Crippen LogP contribution is -2.42. The monoisotopic (exact) mass is 185 g/mol. The maximum Gasteiger partial charge on any atom is 0.101 e. The number of nitrogens with zero attached hydrogens (tertiary/aromatic N) is 1. The van der Waals surface area contributed by atoms with Crippen LogP contribution in [0.2, 0.25) is 0 Å². The smallest absolute Gasteiger partial charge is 0.101 e. The molecule has 0 amide bonds. The average molecular weight is 185 g/mol. The Bertz CT molecular complexity index is 219. The molecular weight excluding hydrogens is 170 g/mol. The van der Waals surface area contributed by atoms with Gasteiger partial charge in [0.1, 0.15) is 6.10 Å². The van der Waals surface area contributed by atoms with Crippen molar-refractivity contribution in [1.82, 2.24) is 4.90 Å². The topological polar surface area (TPSA) is 63.9 Å². The highest BCUT2D eigenvalue weighted by atomic mass is 16.3. The lowest BCUT2D eigenvalue weighted by Gasteiger charge is -2.29. The second-order valence-corrected chi connectivity index (χ2v) is 3.68. The third kappa shape index (κ3) is 1.30. The maximum atomic E-state index is 9.64. The highest BCUT2D eigenvalue weighted by Crippen LogP contribution is 2.28. The summed E-state index contributed by atoms with van der Waals surface area (Å²) in [6.45, 7) is 0.711. The van der Waals surface area contributed by atoms with E-state index in [1.54, 1.807) is 0 Å². The molecule has 0 aliphatic carbocycles. The summed E-state index contributed by atoms with van der Waals surface area (Å²) >= 11 is 0. The first-order valence-corrected chi connectivity index (χ1v) is 4.65. The van der Waals surface area contributed by atoms with E-state index >= 15 is 0 Å². The summed E-state index contributed by atoms with van der Waals surface area (Å²) in [5.41, 5.74) is 0. The third-order valence-electron chi connectivity index (χ3n) is 2.98. The van der Waals surface area contributed by atoms with Gasteiger partial charge in [0.15, 0.2) is 0 Å². The molecule has 2 rings (SSSR count). The Kier molecular flexibility index (Phi) is 2.38. The lowest BCUT2D eigenvalue weighted by molar-refractivity contribution is 0.0203. The Morgan fingerprint density at radius 2 is 2.08 bits per heavy atom. The average Bonchev–Trinajstić information content (AvgIpc) is 2.41. The van der Waals surface area contributed by atoms with Gasteiger partial charge in [0.05, 0.1) is 24.8 Å². The highest BCUT2D eigenvalue weighted by molar-refractivity contribution is 5.12. The molecule has 4 heteroatoms. The number of aliphatic hydroxyl groups excluding tert-OH is 3. The van der Waals surface area contributed by atoms with Crippen molar-refractivity contribution in [1.29, 1.82) is 0 Å². The number of fused-ring (bicyclic) bond motifs is 1. The van der Waals surface area contributed by atoms with Crippen molar-refractivity contribution < 1.29 is 15.3 Å². The molecular formula is C9H15NO3. The predicted octanol–water partition coefficient (Wildman–Crippen LogP) is -1.29. The van der Waals surface area contributed by atoms with Gasteiger partial charge in [0.25, 0.3) is 0 Å². The Balaban J connectivity index is 2.21. The highest BCUT2D eigenvalue weighted by Gasteiger charge is 2.46. The Hall–Kier alpha value is -0.420. The third-order valence-corrected chi connectivity index (χ3v) is 2.98. The van der Waals surface area contributed by atoms with E-state index in [1.807, 2.05) is 17.1 Å². The SMILES string of the molecule is OC[C@@H]1[C@@H](O)[C@@H](O)[C@@H]2C=CCCN12. The van der Waals surface area contributed by atoms with Gasteiger partial charge < -0.3 is 15.3 Å². The molecule has 0 aromatic carbocycles. The lowest BCUT2D eigenvalue weighted by atomic mass is 10.1. The fraction of sp³-hybridized carbons (Fsp3) is 0.778. The van der Waals surface area contributed by atoms with E-state index in [-0.39, 0.29) is 18.7 Å². The Labute approximate surface area is 77.1 Å². The molecule has 2 heterocycles. The zero-order chi connectivity index (χ0) is 9.42. The van der Waals surface area contributed by atoms with Gasteiger partial charge in [0, 0.05) is 6.54 Å². The molecule has 13 heavy (non-hydrogen) atoms. The van der Waals surface area contributed by atoms with Gasteiger partial charge in [0.2, 0.25) is 0 Å². The molecule has 4 nitrogen and oxygen atoms in total. The Morgan fingerprint density at radius 3 is 2.77 bits per heavy atom. The molecule has 1 fully saturated rings. The first-order valence-electron chi connectivity index (χ1n) is 4.65. The summed E-state index contributed by atoms with van der Waals surface area (Å²) < 4.78 is 0. The summed E-state index contributed by atoms with van der Waals surface area (Å²) in [6, 6.07) is -0.411. The van der Waals surface area contributed by atoms with Crippen LogP contribution in [0.25, 0.3) is 0 Å². The van der Waals surface area contributed by atoms with Crippen molar-refractivity contribution in [2.24, 2.45) is 0 Å². The number of rotatable bonds is 1. The van der Waals surface area contributed by atoms with Gasteiger partial charge in [-0.15, -0.1) is 0 Å². The zero-order valence-corrected chi connectivity index (χ0v) is 7.37. The molecule has 2 aliphatic rings. The first-order chi connectivity index (χ1) is 6.25.